The molecule has 1 saturated carbocycles. The van der Waals surface area contributed by atoms with E-state index in [0.29, 0.717) is 44.6 Å². The molecular formula is C24H34N4O5S. The van der Waals surface area contributed by atoms with Gasteiger partial charge in [0.05, 0.1) is 35.4 Å². The molecule has 9 nitrogen and oxygen atoms in total. The van der Waals surface area contributed by atoms with Crippen LogP contribution in [0.5, 0.6) is 0 Å². The molecule has 4 fully saturated rings. The van der Waals surface area contributed by atoms with Gasteiger partial charge in [-0.25, -0.2) is 8.42 Å². The Hall–Kier alpha value is -2.17. The minimum Gasteiger partial charge on any atom is -0.379 e. The molecular weight excluding hydrogens is 456 g/mol. The molecule has 3 saturated heterocycles. The van der Waals surface area contributed by atoms with Gasteiger partial charge in [-0.1, -0.05) is 12.8 Å². The number of nitrogens with one attached hydrogen (secondary N) is 1. The monoisotopic (exact) mass is 490 g/mol. The predicted octanol–water partition coefficient (Wildman–Crippen LogP) is 2.04. The summed E-state index contributed by atoms with van der Waals surface area (Å²) in [5.41, 5.74) is 1.36. The van der Waals surface area contributed by atoms with Crippen LogP contribution < -0.4 is 10.2 Å². The Bertz CT molecular complexity index is 1030. The molecule has 34 heavy (non-hydrogen) atoms. The van der Waals surface area contributed by atoms with Gasteiger partial charge in [-0.2, -0.15) is 4.31 Å². The number of rotatable bonds is 6. The van der Waals surface area contributed by atoms with Crippen molar-refractivity contribution in [2.75, 3.05) is 56.2 Å². The lowest BCUT2D eigenvalue weighted by atomic mass is 10.1. The Morgan fingerprint density at radius 3 is 2.38 bits per heavy atom. The molecule has 1 aliphatic carbocycles. The zero-order valence-corrected chi connectivity index (χ0v) is 20.4. The number of amides is 2. The molecule has 1 aromatic rings. The van der Waals surface area contributed by atoms with Gasteiger partial charge >= 0.3 is 0 Å². The van der Waals surface area contributed by atoms with Gasteiger partial charge in [0.1, 0.15) is 0 Å². The van der Waals surface area contributed by atoms with Crippen LogP contribution in [0.15, 0.2) is 23.1 Å². The maximum absolute atomic E-state index is 13.3. The van der Waals surface area contributed by atoms with Crippen molar-refractivity contribution >= 4 is 33.2 Å². The van der Waals surface area contributed by atoms with E-state index in [-0.39, 0.29) is 23.1 Å². The first kappa shape index (κ1) is 23.6. The lowest BCUT2D eigenvalue weighted by Gasteiger charge is -2.28. The Balaban J connectivity index is 1.41. The normalized spacial score (nSPS) is 24.8. The zero-order chi connectivity index (χ0) is 23.7. The molecule has 3 heterocycles. The van der Waals surface area contributed by atoms with Crippen LogP contribution in [0.2, 0.25) is 0 Å². The highest BCUT2D eigenvalue weighted by Gasteiger charge is 2.42. The van der Waals surface area contributed by atoms with Gasteiger partial charge in [-0.3, -0.25) is 9.59 Å². The molecule has 5 rings (SSSR count). The summed E-state index contributed by atoms with van der Waals surface area (Å²) < 4.78 is 33.3. The lowest BCUT2D eigenvalue weighted by Crippen LogP contribution is -2.40. The first-order valence-electron chi connectivity index (χ1n) is 12.5. The average molecular weight is 491 g/mol. The minimum atomic E-state index is -3.69. The summed E-state index contributed by atoms with van der Waals surface area (Å²) >= 11 is 0. The topological polar surface area (TPSA) is 99.3 Å². The van der Waals surface area contributed by atoms with Gasteiger partial charge in [-0.15, -0.1) is 0 Å². The second kappa shape index (κ2) is 9.83. The number of hydrogen-bond acceptors (Lipinski definition) is 6. The molecule has 10 heteroatoms. The van der Waals surface area contributed by atoms with E-state index < -0.39 is 15.9 Å². The summed E-state index contributed by atoms with van der Waals surface area (Å²) in [6, 6.07) is 5.36. The van der Waals surface area contributed by atoms with Crippen molar-refractivity contribution in [3.05, 3.63) is 18.2 Å². The van der Waals surface area contributed by atoms with E-state index in [0.717, 1.165) is 44.5 Å². The highest BCUT2D eigenvalue weighted by atomic mass is 32.2. The number of carbonyl (C=O) groups excluding carboxylic acids is 2. The number of morpholine rings is 1. The predicted molar refractivity (Wildman–Crippen MR) is 128 cm³/mol. The summed E-state index contributed by atoms with van der Waals surface area (Å²) in [7, 11) is -3.69. The van der Waals surface area contributed by atoms with Gasteiger partial charge in [-0.05, 0) is 43.9 Å². The van der Waals surface area contributed by atoms with Crippen molar-refractivity contribution in [1.29, 1.82) is 0 Å². The lowest BCUT2D eigenvalue weighted by molar-refractivity contribution is -0.128. The third kappa shape index (κ3) is 4.94. The number of ether oxygens (including phenoxy) is 1. The van der Waals surface area contributed by atoms with Crippen LogP contribution in [0.25, 0.3) is 0 Å². The second-order valence-electron chi connectivity index (χ2n) is 9.76. The highest BCUT2D eigenvalue weighted by Crippen LogP contribution is 2.35. The van der Waals surface area contributed by atoms with E-state index >= 15 is 0 Å². The van der Waals surface area contributed by atoms with Crippen LogP contribution in [0, 0.1) is 5.92 Å². The standard InChI is InChI=1S/C24H34N4O5S/c29-23-15-18(17-28(23)19-5-6-19)24(30)25-21-16-20(34(31,32)27-11-13-33-14-12-27)7-8-22(21)26-9-3-1-2-4-10-26/h7-8,16,18-19H,1-6,9-15,17H2,(H,25,30). The van der Waals surface area contributed by atoms with E-state index in [2.05, 4.69) is 10.2 Å². The van der Waals surface area contributed by atoms with E-state index in [1.165, 1.54) is 17.1 Å². The van der Waals surface area contributed by atoms with Crippen LogP contribution in [-0.4, -0.2) is 81.4 Å². The Morgan fingerprint density at radius 2 is 1.71 bits per heavy atom. The van der Waals surface area contributed by atoms with Crippen LogP contribution in [0.4, 0.5) is 11.4 Å². The third-order valence-electron chi connectivity index (χ3n) is 7.30. The fraction of sp³-hybridized carbons (Fsp3) is 0.667. The van der Waals surface area contributed by atoms with E-state index in [4.69, 9.17) is 4.74 Å². The number of sulfonamides is 1. The quantitative estimate of drug-likeness (QED) is 0.655. The second-order valence-corrected chi connectivity index (χ2v) is 11.7. The SMILES string of the molecule is O=C(Nc1cc(S(=O)(=O)N2CCOCC2)ccc1N1CCCCCC1)C1CC(=O)N(C2CC2)C1. The molecule has 3 aliphatic heterocycles. The zero-order valence-electron chi connectivity index (χ0n) is 19.6. The number of carbonyl (C=O) groups is 2. The molecule has 186 valence electrons. The maximum Gasteiger partial charge on any atom is 0.243 e. The van der Waals surface area contributed by atoms with Crippen molar-refractivity contribution < 1.29 is 22.7 Å². The van der Waals surface area contributed by atoms with Gasteiger partial charge in [0.2, 0.25) is 21.8 Å². The van der Waals surface area contributed by atoms with E-state index in [1.807, 2.05) is 11.0 Å². The molecule has 2 amide bonds. The first-order valence-corrected chi connectivity index (χ1v) is 13.9. The van der Waals surface area contributed by atoms with Crippen LogP contribution in [0.3, 0.4) is 0 Å². The van der Waals surface area contributed by atoms with E-state index in [1.54, 1.807) is 12.1 Å². The molecule has 0 spiro atoms. The summed E-state index contributed by atoms with van der Waals surface area (Å²) in [5.74, 6) is -0.586. The molecule has 0 radical (unpaired) electrons. The molecule has 1 aromatic carbocycles. The van der Waals surface area contributed by atoms with Crippen LogP contribution in [-0.2, 0) is 24.3 Å². The Morgan fingerprint density at radius 1 is 1.00 bits per heavy atom. The molecule has 1 unspecified atom stereocenters. The molecule has 1 atom stereocenters. The third-order valence-corrected chi connectivity index (χ3v) is 9.19. The maximum atomic E-state index is 13.3. The highest BCUT2D eigenvalue weighted by molar-refractivity contribution is 7.89. The Kier molecular flexibility index (Phi) is 6.81. The summed E-state index contributed by atoms with van der Waals surface area (Å²) in [6.45, 7) is 3.58. The fourth-order valence-electron chi connectivity index (χ4n) is 5.18. The molecule has 0 bridgehead atoms. The van der Waals surface area contributed by atoms with Gasteiger partial charge in [0, 0.05) is 45.2 Å². The molecule has 1 N–H and O–H groups in total. The average Bonchev–Trinajstić information content (AvgIpc) is 3.65. The van der Waals surface area contributed by atoms with Crippen molar-refractivity contribution in [3.8, 4) is 0 Å². The number of anilines is 2. The minimum absolute atomic E-state index is 0.0408. The van der Waals surface area contributed by atoms with E-state index in [9.17, 15) is 18.0 Å². The van der Waals surface area contributed by atoms with Crippen molar-refractivity contribution in [1.82, 2.24) is 9.21 Å². The van der Waals surface area contributed by atoms with Crippen LogP contribution >= 0.6 is 0 Å². The summed E-state index contributed by atoms with van der Waals surface area (Å²) in [5, 5.41) is 3.02. The number of likely N-dealkylation sites (tertiary alicyclic amines) is 1. The first-order chi connectivity index (χ1) is 16.4. The van der Waals surface area contributed by atoms with Gasteiger partial charge in [0.15, 0.2) is 0 Å². The smallest absolute Gasteiger partial charge is 0.243 e. The Labute approximate surface area is 201 Å². The van der Waals surface area contributed by atoms with Crippen molar-refractivity contribution in [3.63, 3.8) is 0 Å². The number of nitrogens with zero attached hydrogens (tertiary/aromatic N) is 3. The van der Waals surface area contributed by atoms with Crippen molar-refractivity contribution in [2.24, 2.45) is 5.92 Å². The molecule has 0 aromatic heterocycles. The number of hydrogen-bond donors (Lipinski definition) is 1. The van der Waals surface area contributed by atoms with Gasteiger partial charge < -0.3 is 19.9 Å². The van der Waals surface area contributed by atoms with Gasteiger partial charge in [0.25, 0.3) is 0 Å². The van der Waals surface area contributed by atoms with Crippen molar-refractivity contribution in [2.45, 2.75) is 55.9 Å². The summed E-state index contributed by atoms with van der Waals surface area (Å²) in [4.78, 5) is 29.9. The fourth-order valence-corrected chi connectivity index (χ4v) is 6.61. The summed E-state index contributed by atoms with van der Waals surface area (Å²) in [6.07, 6.45) is 6.71. The molecule has 4 aliphatic rings. The number of benzene rings is 1. The van der Waals surface area contributed by atoms with Crippen LogP contribution in [0.1, 0.15) is 44.9 Å². The largest absolute Gasteiger partial charge is 0.379 e.